The molecule has 0 fully saturated rings. The van der Waals surface area contributed by atoms with Crippen LogP contribution in [-0.4, -0.2) is 62.2 Å². The van der Waals surface area contributed by atoms with E-state index in [1.807, 2.05) is 30.1 Å². The smallest absolute Gasteiger partial charge is 0.125 e. The number of aliphatic hydroxyl groups excluding tert-OH is 2. The summed E-state index contributed by atoms with van der Waals surface area (Å²) >= 11 is 0. The molecule has 2 N–H and O–H groups in total. The lowest BCUT2D eigenvalue weighted by Gasteiger charge is -2.24. The van der Waals surface area contributed by atoms with Crippen LogP contribution in [0, 0.1) is 0 Å². The van der Waals surface area contributed by atoms with Crippen molar-refractivity contribution < 1.29 is 19.7 Å². The minimum Gasteiger partial charge on any atom is -0.497 e. The van der Waals surface area contributed by atoms with Crippen molar-refractivity contribution in [2.75, 3.05) is 41.0 Å². The molecule has 1 aromatic rings. The summed E-state index contributed by atoms with van der Waals surface area (Å²) in [6.45, 7) is 0.633. The first kappa shape index (κ1) is 15.8. The van der Waals surface area contributed by atoms with Gasteiger partial charge in [-0.25, -0.2) is 0 Å². The molecular formula is C14H23NO4. The van der Waals surface area contributed by atoms with Crippen molar-refractivity contribution in [3.63, 3.8) is 0 Å². The molecule has 19 heavy (non-hydrogen) atoms. The topological polar surface area (TPSA) is 62.2 Å². The Labute approximate surface area is 114 Å². The van der Waals surface area contributed by atoms with E-state index < -0.39 is 0 Å². The van der Waals surface area contributed by atoms with Gasteiger partial charge in [-0.2, -0.15) is 0 Å². The zero-order valence-electron chi connectivity index (χ0n) is 11.8. The summed E-state index contributed by atoms with van der Waals surface area (Å²) in [5.41, 5.74) is 1.07. The first-order valence-corrected chi connectivity index (χ1v) is 6.29. The highest BCUT2D eigenvalue weighted by atomic mass is 16.5. The Morgan fingerprint density at radius 3 is 2.37 bits per heavy atom. The van der Waals surface area contributed by atoms with E-state index in [1.54, 1.807) is 14.2 Å². The molecular weight excluding hydrogens is 246 g/mol. The number of hydrogen-bond acceptors (Lipinski definition) is 5. The largest absolute Gasteiger partial charge is 0.497 e. The number of likely N-dealkylation sites (N-methyl/N-ethyl adjacent to an activating group) is 1. The van der Waals surface area contributed by atoms with Gasteiger partial charge in [-0.15, -0.1) is 0 Å². The number of rotatable bonds is 8. The molecule has 0 aliphatic heterocycles. The van der Waals surface area contributed by atoms with E-state index in [-0.39, 0.29) is 19.3 Å². The van der Waals surface area contributed by atoms with Crippen molar-refractivity contribution in [2.24, 2.45) is 0 Å². The molecule has 1 rings (SSSR count). The molecule has 0 amide bonds. The highest BCUT2D eigenvalue weighted by Gasteiger charge is 2.13. The maximum Gasteiger partial charge on any atom is 0.125 e. The predicted octanol–water partition coefficient (Wildman–Crippen LogP) is 0.531. The zero-order chi connectivity index (χ0) is 14.3. The Morgan fingerprint density at radius 1 is 1.16 bits per heavy atom. The molecule has 0 aliphatic carbocycles. The van der Waals surface area contributed by atoms with E-state index in [9.17, 15) is 0 Å². The number of benzene rings is 1. The molecule has 0 saturated carbocycles. The normalized spacial score (nSPS) is 11.1. The molecule has 108 valence electrons. The number of ether oxygens (including phenoxy) is 2. The van der Waals surface area contributed by atoms with Gasteiger partial charge in [-0.1, -0.05) is 6.07 Å². The second-order valence-electron chi connectivity index (χ2n) is 4.43. The lowest BCUT2D eigenvalue weighted by atomic mass is 10.1. The van der Waals surface area contributed by atoms with Gasteiger partial charge < -0.3 is 19.7 Å². The van der Waals surface area contributed by atoms with Crippen LogP contribution < -0.4 is 9.47 Å². The van der Waals surface area contributed by atoms with Crippen molar-refractivity contribution in [1.29, 1.82) is 0 Å². The van der Waals surface area contributed by atoms with E-state index in [0.717, 1.165) is 30.0 Å². The fourth-order valence-electron chi connectivity index (χ4n) is 1.87. The first-order chi connectivity index (χ1) is 9.15. The second kappa shape index (κ2) is 7.99. The van der Waals surface area contributed by atoms with Crippen molar-refractivity contribution >= 4 is 0 Å². The summed E-state index contributed by atoms with van der Waals surface area (Å²) in [5, 5.41) is 18.2. The third kappa shape index (κ3) is 4.38. The average Bonchev–Trinajstić information content (AvgIpc) is 2.46. The Kier molecular flexibility index (Phi) is 6.62. The second-order valence-corrected chi connectivity index (χ2v) is 4.43. The van der Waals surface area contributed by atoms with Gasteiger partial charge in [0.2, 0.25) is 0 Å². The fourth-order valence-corrected chi connectivity index (χ4v) is 1.87. The summed E-state index contributed by atoms with van der Waals surface area (Å²) in [7, 11) is 5.13. The Balaban J connectivity index is 2.66. The summed E-state index contributed by atoms with van der Waals surface area (Å²) < 4.78 is 10.5. The van der Waals surface area contributed by atoms with E-state index >= 15 is 0 Å². The van der Waals surface area contributed by atoms with Crippen molar-refractivity contribution in [2.45, 2.75) is 12.5 Å². The highest BCUT2D eigenvalue weighted by molar-refractivity contribution is 5.40. The van der Waals surface area contributed by atoms with Crippen LogP contribution in [0.25, 0.3) is 0 Å². The molecule has 0 saturated heterocycles. The van der Waals surface area contributed by atoms with Gasteiger partial charge in [-0.3, -0.25) is 4.90 Å². The van der Waals surface area contributed by atoms with E-state index in [0.29, 0.717) is 0 Å². The number of nitrogens with zero attached hydrogens (tertiary/aromatic N) is 1. The molecule has 0 spiro atoms. The van der Waals surface area contributed by atoms with Crippen LogP contribution in [-0.2, 0) is 6.42 Å². The highest BCUT2D eigenvalue weighted by Crippen LogP contribution is 2.25. The lowest BCUT2D eigenvalue weighted by Crippen LogP contribution is -2.38. The lowest BCUT2D eigenvalue weighted by molar-refractivity contribution is 0.0924. The van der Waals surface area contributed by atoms with Crippen LogP contribution in [0.2, 0.25) is 0 Å². The standard InChI is InChI=1S/C14H23NO4/c1-15(12(9-16)10-17)7-6-11-4-5-13(18-2)8-14(11)19-3/h4-5,8,12,16-17H,6-7,9-10H2,1-3H3. The van der Waals surface area contributed by atoms with E-state index in [2.05, 4.69) is 0 Å². The third-order valence-corrected chi connectivity index (χ3v) is 3.27. The molecule has 5 heteroatoms. The monoisotopic (exact) mass is 269 g/mol. The van der Waals surface area contributed by atoms with Crippen LogP contribution in [0.3, 0.4) is 0 Å². The van der Waals surface area contributed by atoms with E-state index in [1.165, 1.54) is 0 Å². The molecule has 0 aliphatic rings. The Bertz CT molecular complexity index is 380. The van der Waals surface area contributed by atoms with Crippen LogP contribution in [0.1, 0.15) is 5.56 Å². The summed E-state index contributed by atoms with van der Waals surface area (Å²) in [6, 6.07) is 5.50. The molecule has 0 radical (unpaired) electrons. The zero-order valence-corrected chi connectivity index (χ0v) is 11.8. The van der Waals surface area contributed by atoms with Gasteiger partial charge >= 0.3 is 0 Å². The maximum atomic E-state index is 9.12. The van der Waals surface area contributed by atoms with Crippen LogP contribution in [0.4, 0.5) is 0 Å². The fraction of sp³-hybridized carbons (Fsp3) is 0.571. The van der Waals surface area contributed by atoms with E-state index in [4.69, 9.17) is 19.7 Å². The molecule has 0 bridgehead atoms. The van der Waals surface area contributed by atoms with Gasteiger partial charge in [0.25, 0.3) is 0 Å². The molecule has 5 nitrogen and oxygen atoms in total. The van der Waals surface area contributed by atoms with Crippen molar-refractivity contribution in [1.82, 2.24) is 4.90 Å². The summed E-state index contributed by atoms with van der Waals surface area (Å²) in [6.07, 6.45) is 0.778. The average molecular weight is 269 g/mol. The minimum atomic E-state index is -0.218. The molecule has 1 aromatic carbocycles. The van der Waals surface area contributed by atoms with Crippen LogP contribution in [0.15, 0.2) is 18.2 Å². The van der Waals surface area contributed by atoms with Gasteiger partial charge in [0, 0.05) is 12.6 Å². The summed E-state index contributed by atoms with van der Waals surface area (Å²) in [4.78, 5) is 1.93. The number of aliphatic hydroxyl groups is 2. The number of hydrogen-bond donors (Lipinski definition) is 2. The summed E-state index contributed by atoms with van der Waals surface area (Å²) in [5.74, 6) is 1.55. The first-order valence-electron chi connectivity index (χ1n) is 6.29. The van der Waals surface area contributed by atoms with Crippen LogP contribution >= 0.6 is 0 Å². The molecule has 0 atom stereocenters. The van der Waals surface area contributed by atoms with Gasteiger partial charge in [0.15, 0.2) is 0 Å². The third-order valence-electron chi connectivity index (χ3n) is 3.27. The SMILES string of the molecule is COc1ccc(CCN(C)C(CO)CO)c(OC)c1. The molecule has 0 heterocycles. The Morgan fingerprint density at radius 2 is 1.84 bits per heavy atom. The Hall–Kier alpha value is -1.30. The quantitative estimate of drug-likeness (QED) is 0.721. The number of methoxy groups -OCH3 is 2. The maximum absolute atomic E-state index is 9.12. The minimum absolute atomic E-state index is 0.0489. The van der Waals surface area contributed by atoms with Gasteiger partial charge in [0.1, 0.15) is 11.5 Å². The van der Waals surface area contributed by atoms with Gasteiger partial charge in [0.05, 0.1) is 33.5 Å². The van der Waals surface area contributed by atoms with Crippen molar-refractivity contribution in [3.05, 3.63) is 23.8 Å². The van der Waals surface area contributed by atoms with Crippen molar-refractivity contribution in [3.8, 4) is 11.5 Å². The van der Waals surface area contributed by atoms with Crippen LogP contribution in [0.5, 0.6) is 11.5 Å². The molecule has 0 unspecified atom stereocenters. The predicted molar refractivity (Wildman–Crippen MR) is 73.8 cm³/mol. The molecule has 0 aromatic heterocycles. The van der Waals surface area contributed by atoms with Gasteiger partial charge in [-0.05, 0) is 25.1 Å².